The topological polar surface area (TPSA) is 77.8 Å². The van der Waals surface area contributed by atoms with Gasteiger partial charge in [-0.1, -0.05) is 6.42 Å². The summed E-state index contributed by atoms with van der Waals surface area (Å²) in [5.74, 6) is -0.702. The van der Waals surface area contributed by atoms with Gasteiger partial charge in [-0.2, -0.15) is 0 Å². The van der Waals surface area contributed by atoms with Gasteiger partial charge >= 0.3 is 5.97 Å². The predicted octanol–water partition coefficient (Wildman–Crippen LogP) is 0.223. The normalized spacial score (nSPS) is 30.2. The number of aliphatic carboxylic acids is 1. The van der Waals surface area contributed by atoms with E-state index < -0.39 is 18.1 Å². The Morgan fingerprint density at radius 3 is 2.50 bits per heavy atom. The van der Waals surface area contributed by atoms with E-state index in [4.69, 9.17) is 5.11 Å². The largest absolute Gasteiger partial charge is 0.480 e. The number of hydrogen-bond acceptors (Lipinski definition) is 3. The fourth-order valence-electron chi connectivity index (χ4n) is 2.38. The van der Waals surface area contributed by atoms with Gasteiger partial charge in [-0.15, -0.1) is 0 Å². The summed E-state index contributed by atoms with van der Waals surface area (Å²) in [5.41, 5.74) is 0. The van der Waals surface area contributed by atoms with E-state index in [2.05, 4.69) is 0 Å². The molecule has 0 spiro atoms. The zero-order valence-electron chi connectivity index (χ0n) is 9.13. The van der Waals surface area contributed by atoms with Crippen molar-refractivity contribution >= 4 is 11.9 Å². The number of carbonyl (C=O) groups is 2. The van der Waals surface area contributed by atoms with Crippen molar-refractivity contribution in [3.63, 3.8) is 0 Å². The van der Waals surface area contributed by atoms with Crippen LogP contribution in [0.15, 0.2) is 0 Å². The second-order valence-electron chi connectivity index (χ2n) is 4.79. The van der Waals surface area contributed by atoms with Crippen molar-refractivity contribution < 1.29 is 19.8 Å². The van der Waals surface area contributed by atoms with Gasteiger partial charge < -0.3 is 15.1 Å². The van der Waals surface area contributed by atoms with Crippen LogP contribution < -0.4 is 0 Å². The minimum Gasteiger partial charge on any atom is -0.480 e. The van der Waals surface area contributed by atoms with Crippen molar-refractivity contribution in [3.05, 3.63) is 0 Å². The van der Waals surface area contributed by atoms with E-state index in [1.165, 1.54) is 11.3 Å². The second kappa shape index (κ2) is 4.41. The van der Waals surface area contributed by atoms with Gasteiger partial charge in [0.15, 0.2) is 0 Å². The number of amides is 1. The fraction of sp³-hybridized carbons (Fsp3) is 0.818. The van der Waals surface area contributed by atoms with Crippen LogP contribution >= 0.6 is 0 Å². The van der Waals surface area contributed by atoms with Gasteiger partial charge in [0.25, 0.3) is 0 Å². The molecule has 2 rings (SSSR count). The minimum atomic E-state index is -1.02. The number of nitrogens with zero attached hydrogens (tertiary/aromatic N) is 1. The minimum absolute atomic E-state index is 0.117. The molecular formula is C11H17NO4. The van der Waals surface area contributed by atoms with E-state index in [1.807, 2.05) is 0 Å². The van der Waals surface area contributed by atoms with E-state index in [0.717, 1.165) is 12.8 Å². The van der Waals surface area contributed by atoms with Crippen LogP contribution in [0.4, 0.5) is 0 Å². The maximum atomic E-state index is 11.9. The van der Waals surface area contributed by atoms with Gasteiger partial charge in [0.05, 0.1) is 6.10 Å². The predicted molar refractivity (Wildman–Crippen MR) is 55.7 cm³/mol. The summed E-state index contributed by atoms with van der Waals surface area (Å²) in [4.78, 5) is 24.1. The first-order valence-corrected chi connectivity index (χ1v) is 5.78. The van der Waals surface area contributed by atoms with Crippen LogP contribution in [-0.4, -0.2) is 45.7 Å². The first-order valence-electron chi connectivity index (χ1n) is 5.78. The molecule has 16 heavy (non-hydrogen) atoms. The van der Waals surface area contributed by atoms with Crippen molar-refractivity contribution in [3.8, 4) is 0 Å². The van der Waals surface area contributed by atoms with Gasteiger partial charge in [0.2, 0.25) is 5.91 Å². The lowest BCUT2D eigenvalue weighted by molar-refractivity contribution is -0.148. The molecule has 1 heterocycles. The molecule has 1 aliphatic heterocycles. The Balaban J connectivity index is 1.95. The molecule has 1 saturated carbocycles. The molecule has 1 aliphatic carbocycles. The number of β-amino-alcohol motifs (C(OH)–C–C–N with tert-alkyl or cyclic N) is 1. The molecule has 0 radical (unpaired) electrons. The molecule has 5 nitrogen and oxygen atoms in total. The first-order chi connectivity index (χ1) is 7.58. The highest BCUT2D eigenvalue weighted by Gasteiger charge is 2.39. The number of likely N-dealkylation sites (tertiary alicyclic amines) is 1. The number of carbonyl (C=O) groups excluding carboxylic acids is 1. The van der Waals surface area contributed by atoms with Crippen molar-refractivity contribution in [1.29, 1.82) is 0 Å². The number of rotatable bonds is 3. The lowest BCUT2D eigenvalue weighted by Crippen LogP contribution is -2.41. The summed E-state index contributed by atoms with van der Waals surface area (Å²) in [6.45, 7) is 0.169. The molecule has 5 heteroatoms. The molecular weight excluding hydrogens is 210 g/mol. The van der Waals surface area contributed by atoms with Crippen LogP contribution in [-0.2, 0) is 9.59 Å². The third-order valence-electron chi connectivity index (χ3n) is 3.57. The number of aliphatic hydroxyl groups is 1. The van der Waals surface area contributed by atoms with Crippen LogP contribution in [0, 0.1) is 5.92 Å². The molecule has 1 amide bonds. The van der Waals surface area contributed by atoms with Gasteiger partial charge in [-0.3, -0.25) is 4.79 Å². The van der Waals surface area contributed by atoms with Gasteiger partial charge in [-0.05, 0) is 18.8 Å². The summed E-state index contributed by atoms with van der Waals surface area (Å²) in [7, 11) is 0. The Morgan fingerprint density at radius 1 is 1.31 bits per heavy atom. The zero-order chi connectivity index (χ0) is 11.7. The monoisotopic (exact) mass is 227 g/mol. The van der Waals surface area contributed by atoms with E-state index in [1.54, 1.807) is 0 Å². The SMILES string of the molecule is O=C(O)C1CC(O)CN1C(=O)CC1CCC1. The standard InChI is InChI=1S/C11H17NO4/c13-8-5-9(11(15)16)12(6-8)10(14)4-7-2-1-3-7/h7-9,13H,1-6H2,(H,15,16). The van der Waals surface area contributed by atoms with Crippen molar-refractivity contribution in [2.75, 3.05) is 6.54 Å². The summed E-state index contributed by atoms with van der Waals surface area (Å²) >= 11 is 0. The third-order valence-corrected chi connectivity index (χ3v) is 3.57. The lowest BCUT2D eigenvalue weighted by atomic mass is 9.82. The molecule has 2 N–H and O–H groups in total. The Bertz CT molecular complexity index is 300. The van der Waals surface area contributed by atoms with Crippen molar-refractivity contribution in [1.82, 2.24) is 4.90 Å². The number of carboxylic acids is 1. The molecule has 90 valence electrons. The second-order valence-corrected chi connectivity index (χ2v) is 4.79. The summed E-state index contributed by atoms with van der Waals surface area (Å²) < 4.78 is 0. The Kier molecular flexibility index (Phi) is 3.14. The summed E-state index contributed by atoms with van der Waals surface area (Å²) in [5, 5.41) is 18.4. The summed E-state index contributed by atoms with van der Waals surface area (Å²) in [6.07, 6.45) is 3.22. The number of carboxylic acid groups (broad SMARTS) is 1. The highest BCUT2D eigenvalue weighted by Crippen LogP contribution is 2.31. The van der Waals surface area contributed by atoms with Gasteiger partial charge in [-0.25, -0.2) is 4.79 Å². The Labute approximate surface area is 94.0 Å². The number of hydrogen-bond donors (Lipinski definition) is 2. The molecule has 2 atom stereocenters. The highest BCUT2D eigenvalue weighted by molar-refractivity contribution is 5.84. The Hall–Kier alpha value is -1.10. The average molecular weight is 227 g/mol. The molecule has 2 aliphatic rings. The van der Waals surface area contributed by atoms with Gasteiger partial charge in [0, 0.05) is 19.4 Å². The van der Waals surface area contributed by atoms with E-state index in [-0.39, 0.29) is 18.9 Å². The first kappa shape index (κ1) is 11.4. The highest BCUT2D eigenvalue weighted by atomic mass is 16.4. The quantitative estimate of drug-likeness (QED) is 0.723. The third kappa shape index (κ3) is 2.19. The molecule has 0 aromatic heterocycles. The molecule has 0 aromatic rings. The average Bonchev–Trinajstić information content (AvgIpc) is 2.53. The molecule has 0 aromatic carbocycles. The van der Waals surface area contributed by atoms with Crippen LogP contribution in [0.2, 0.25) is 0 Å². The van der Waals surface area contributed by atoms with Gasteiger partial charge in [0.1, 0.15) is 6.04 Å². The molecule has 2 unspecified atom stereocenters. The Morgan fingerprint density at radius 2 is 2.00 bits per heavy atom. The molecule has 1 saturated heterocycles. The molecule has 2 fully saturated rings. The van der Waals surface area contributed by atoms with Crippen LogP contribution in [0.5, 0.6) is 0 Å². The van der Waals surface area contributed by atoms with Crippen molar-refractivity contribution in [2.45, 2.75) is 44.2 Å². The fourth-order valence-corrected chi connectivity index (χ4v) is 2.38. The van der Waals surface area contributed by atoms with E-state index >= 15 is 0 Å². The molecule has 0 bridgehead atoms. The van der Waals surface area contributed by atoms with Crippen LogP contribution in [0.3, 0.4) is 0 Å². The van der Waals surface area contributed by atoms with Crippen LogP contribution in [0.1, 0.15) is 32.1 Å². The lowest BCUT2D eigenvalue weighted by Gasteiger charge is -2.28. The summed E-state index contributed by atoms with van der Waals surface area (Å²) in [6, 6.07) is -0.831. The van der Waals surface area contributed by atoms with E-state index in [0.29, 0.717) is 12.3 Å². The van der Waals surface area contributed by atoms with Crippen LogP contribution in [0.25, 0.3) is 0 Å². The number of aliphatic hydroxyl groups excluding tert-OH is 1. The van der Waals surface area contributed by atoms with Crippen molar-refractivity contribution in [2.24, 2.45) is 5.92 Å². The maximum Gasteiger partial charge on any atom is 0.326 e. The zero-order valence-corrected chi connectivity index (χ0v) is 9.13. The maximum absolute atomic E-state index is 11.9. The smallest absolute Gasteiger partial charge is 0.326 e. The van der Waals surface area contributed by atoms with E-state index in [9.17, 15) is 14.7 Å².